The van der Waals surface area contributed by atoms with Crippen LogP contribution in [0.15, 0.2) is 53.6 Å². The minimum atomic E-state index is -3.52. The number of hydrogen-bond donors (Lipinski definition) is 2. The van der Waals surface area contributed by atoms with Crippen molar-refractivity contribution in [3.05, 3.63) is 71.6 Å². The third-order valence-corrected chi connectivity index (χ3v) is 6.26. The van der Waals surface area contributed by atoms with Gasteiger partial charge < -0.3 is 19.1 Å². The number of imidazole rings is 1. The zero-order valence-electron chi connectivity index (χ0n) is 21.3. The molecular weight excluding hydrogens is 494 g/mol. The highest BCUT2D eigenvalue weighted by Gasteiger charge is 2.17. The number of ether oxygens (including phenoxy) is 1. The molecule has 0 aliphatic rings. The minimum Gasteiger partial charge on any atom is -0.457 e. The van der Waals surface area contributed by atoms with E-state index in [-0.39, 0.29) is 5.91 Å². The van der Waals surface area contributed by atoms with Gasteiger partial charge in [0.1, 0.15) is 17.3 Å². The van der Waals surface area contributed by atoms with Gasteiger partial charge in [-0.3, -0.25) is 9.52 Å². The van der Waals surface area contributed by atoms with Crippen LogP contribution < -0.4 is 14.8 Å². The lowest BCUT2D eigenvalue weighted by atomic mass is 10.0. The summed E-state index contributed by atoms with van der Waals surface area (Å²) < 4.78 is 39.8. The molecule has 0 aliphatic carbocycles. The predicted molar refractivity (Wildman–Crippen MR) is 141 cm³/mol. The largest absolute Gasteiger partial charge is 0.457 e. The van der Waals surface area contributed by atoms with Crippen molar-refractivity contribution in [2.45, 2.75) is 40.7 Å². The van der Waals surface area contributed by atoms with Gasteiger partial charge in [0.05, 0.1) is 24.0 Å². The van der Waals surface area contributed by atoms with E-state index < -0.39 is 10.0 Å². The maximum atomic E-state index is 12.4. The monoisotopic (exact) mass is 523 g/mol. The van der Waals surface area contributed by atoms with Gasteiger partial charge in [-0.25, -0.2) is 13.4 Å². The van der Waals surface area contributed by atoms with Crippen LogP contribution >= 0.6 is 0 Å². The molecule has 2 aromatic carbocycles. The zero-order valence-corrected chi connectivity index (χ0v) is 22.1. The summed E-state index contributed by atoms with van der Waals surface area (Å²) in [5, 5.41) is 6.94. The number of carbonyl (C=O) groups excluding carboxylic acids is 1. The molecule has 0 atom stereocenters. The SMILES string of the molecule is Cc1cc(NC(=O)CCn2ccnc2)cc(C)c1Oc1cc(NS(C)(=O)=O)cc(-c2c(C)noc2C)c1. The molecule has 37 heavy (non-hydrogen) atoms. The first-order chi connectivity index (χ1) is 17.5. The maximum absolute atomic E-state index is 12.4. The number of nitrogens with one attached hydrogen (secondary N) is 2. The summed E-state index contributed by atoms with van der Waals surface area (Å²) in [6, 6.07) is 8.82. The topological polar surface area (TPSA) is 128 Å². The fourth-order valence-electron chi connectivity index (χ4n) is 4.14. The van der Waals surface area contributed by atoms with Crippen LogP contribution in [0, 0.1) is 27.7 Å². The summed E-state index contributed by atoms with van der Waals surface area (Å²) in [5.74, 6) is 1.55. The Hall–Kier alpha value is -4.12. The third kappa shape index (κ3) is 6.56. The Bertz CT molecular complexity index is 1500. The Balaban J connectivity index is 1.59. The molecule has 4 aromatic rings. The number of rotatable bonds is 9. The molecule has 2 aromatic heterocycles. The number of sulfonamides is 1. The molecule has 0 spiro atoms. The normalized spacial score (nSPS) is 11.4. The van der Waals surface area contributed by atoms with Crippen molar-refractivity contribution in [1.82, 2.24) is 14.7 Å². The Kier molecular flexibility index (Phi) is 7.35. The minimum absolute atomic E-state index is 0.107. The zero-order chi connectivity index (χ0) is 26.7. The molecule has 194 valence electrons. The molecule has 0 bridgehead atoms. The first kappa shape index (κ1) is 26.0. The van der Waals surface area contributed by atoms with Crippen molar-refractivity contribution < 1.29 is 22.5 Å². The molecule has 2 heterocycles. The number of hydrogen-bond acceptors (Lipinski definition) is 7. The van der Waals surface area contributed by atoms with E-state index in [1.54, 1.807) is 31.6 Å². The van der Waals surface area contributed by atoms with E-state index in [1.165, 1.54) is 0 Å². The lowest BCUT2D eigenvalue weighted by molar-refractivity contribution is -0.116. The molecule has 0 radical (unpaired) electrons. The van der Waals surface area contributed by atoms with Crippen molar-refractivity contribution in [2.75, 3.05) is 16.3 Å². The van der Waals surface area contributed by atoms with Crippen molar-refractivity contribution in [3.63, 3.8) is 0 Å². The van der Waals surface area contributed by atoms with E-state index >= 15 is 0 Å². The number of benzene rings is 2. The average molecular weight is 524 g/mol. The summed E-state index contributed by atoms with van der Waals surface area (Å²) in [6.45, 7) is 7.92. The van der Waals surface area contributed by atoms with Crippen LogP contribution in [0.4, 0.5) is 11.4 Å². The molecule has 10 nitrogen and oxygen atoms in total. The van der Waals surface area contributed by atoms with Crippen LogP contribution in [0.1, 0.15) is 29.0 Å². The molecule has 11 heteroatoms. The van der Waals surface area contributed by atoms with E-state index in [2.05, 4.69) is 20.2 Å². The van der Waals surface area contributed by atoms with E-state index in [0.717, 1.165) is 22.9 Å². The Morgan fingerprint density at radius 3 is 2.38 bits per heavy atom. The highest BCUT2D eigenvalue weighted by Crippen LogP contribution is 2.37. The van der Waals surface area contributed by atoms with Gasteiger partial charge in [0.15, 0.2) is 0 Å². The van der Waals surface area contributed by atoms with Crippen LogP contribution in [0.25, 0.3) is 11.1 Å². The molecule has 0 saturated carbocycles. The van der Waals surface area contributed by atoms with Gasteiger partial charge in [0, 0.05) is 42.7 Å². The van der Waals surface area contributed by atoms with E-state index in [9.17, 15) is 13.2 Å². The second-order valence-electron chi connectivity index (χ2n) is 8.96. The Morgan fingerprint density at radius 1 is 1.05 bits per heavy atom. The number of nitrogens with zero attached hydrogens (tertiary/aromatic N) is 3. The summed E-state index contributed by atoms with van der Waals surface area (Å²) in [4.78, 5) is 16.4. The number of aromatic nitrogens is 3. The lowest BCUT2D eigenvalue weighted by Gasteiger charge is -2.16. The highest BCUT2D eigenvalue weighted by atomic mass is 32.2. The van der Waals surface area contributed by atoms with Gasteiger partial charge in [-0.1, -0.05) is 5.16 Å². The number of aryl methyl sites for hydroxylation is 5. The number of carbonyl (C=O) groups is 1. The molecule has 0 aliphatic heterocycles. The van der Waals surface area contributed by atoms with E-state index in [0.29, 0.717) is 52.9 Å². The molecule has 1 amide bonds. The molecule has 0 unspecified atom stereocenters. The lowest BCUT2D eigenvalue weighted by Crippen LogP contribution is -2.14. The van der Waals surface area contributed by atoms with Gasteiger partial charge in [-0.15, -0.1) is 0 Å². The van der Waals surface area contributed by atoms with Gasteiger partial charge in [0.2, 0.25) is 15.9 Å². The fourth-order valence-corrected chi connectivity index (χ4v) is 4.69. The van der Waals surface area contributed by atoms with Crippen molar-refractivity contribution in [1.29, 1.82) is 0 Å². The van der Waals surface area contributed by atoms with Gasteiger partial charge in [0.25, 0.3) is 0 Å². The number of amides is 1. The second kappa shape index (κ2) is 10.5. The van der Waals surface area contributed by atoms with E-state index in [1.807, 2.05) is 49.7 Å². The molecule has 0 fully saturated rings. The first-order valence-corrected chi connectivity index (χ1v) is 13.5. The van der Waals surface area contributed by atoms with Crippen LogP contribution in [-0.4, -0.2) is 35.3 Å². The summed E-state index contributed by atoms with van der Waals surface area (Å²) >= 11 is 0. The van der Waals surface area contributed by atoms with Crippen molar-refractivity contribution in [2.24, 2.45) is 0 Å². The summed E-state index contributed by atoms with van der Waals surface area (Å²) in [6.07, 6.45) is 6.56. The smallest absolute Gasteiger partial charge is 0.229 e. The van der Waals surface area contributed by atoms with Crippen LogP contribution in [-0.2, 0) is 21.4 Å². The fraction of sp³-hybridized carbons (Fsp3) is 0.269. The molecular formula is C26H29N5O5S. The average Bonchev–Trinajstić information content (AvgIpc) is 3.43. The second-order valence-corrected chi connectivity index (χ2v) is 10.7. The number of anilines is 2. The standard InChI is InChI=1S/C26H29N5O5S/c1-16-10-21(28-24(32)6-8-31-9-7-27-15-31)11-17(2)26(16)35-23-13-20(25-18(3)29-36-19(25)4)12-22(14-23)30-37(5,33)34/h7,9-15,30H,6,8H2,1-5H3,(H,28,32). The molecule has 0 saturated heterocycles. The summed E-state index contributed by atoms with van der Waals surface area (Å²) in [5.41, 5.74) is 4.80. The quantitative estimate of drug-likeness (QED) is 0.317. The first-order valence-electron chi connectivity index (χ1n) is 11.6. The predicted octanol–water partition coefficient (Wildman–Crippen LogP) is 4.96. The third-order valence-electron chi connectivity index (χ3n) is 5.65. The molecule has 4 rings (SSSR count). The van der Waals surface area contributed by atoms with Crippen LogP contribution in [0.2, 0.25) is 0 Å². The van der Waals surface area contributed by atoms with Crippen molar-refractivity contribution >= 4 is 27.3 Å². The van der Waals surface area contributed by atoms with Gasteiger partial charge in [-0.05, 0) is 68.7 Å². The Morgan fingerprint density at radius 2 is 1.78 bits per heavy atom. The summed E-state index contributed by atoms with van der Waals surface area (Å²) in [7, 11) is -3.52. The van der Waals surface area contributed by atoms with Gasteiger partial charge >= 0.3 is 0 Å². The van der Waals surface area contributed by atoms with Crippen LogP contribution in [0.5, 0.6) is 11.5 Å². The maximum Gasteiger partial charge on any atom is 0.229 e. The van der Waals surface area contributed by atoms with Crippen molar-refractivity contribution in [3.8, 4) is 22.6 Å². The van der Waals surface area contributed by atoms with Crippen LogP contribution in [0.3, 0.4) is 0 Å². The molecule has 2 N–H and O–H groups in total. The van der Waals surface area contributed by atoms with E-state index in [4.69, 9.17) is 9.26 Å². The van der Waals surface area contributed by atoms with Gasteiger partial charge in [-0.2, -0.15) is 0 Å². The highest BCUT2D eigenvalue weighted by molar-refractivity contribution is 7.92. The Labute approximate surface area is 215 Å².